The summed E-state index contributed by atoms with van der Waals surface area (Å²) in [6.45, 7) is 2.98. The monoisotopic (exact) mass is 393 g/mol. The highest BCUT2D eigenvalue weighted by Crippen LogP contribution is 2.38. The van der Waals surface area contributed by atoms with Crippen molar-refractivity contribution >= 4 is 10.0 Å². The van der Waals surface area contributed by atoms with E-state index in [4.69, 9.17) is 14.2 Å². The van der Waals surface area contributed by atoms with Crippen LogP contribution in [0.4, 0.5) is 4.39 Å². The number of hydrogen-bond acceptors (Lipinski definition) is 5. The maximum atomic E-state index is 14.1. The predicted molar refractivity (Wildman–Crippen MR) is 96.3 cm³/mol. The minimum atomic E-state index is -3.76. The minimum absolute atomic E-state index is 0.0520. The Labute approximate surface area is 157 Å². The highest BCUT2D eigenvalue weighted by molar-refractivity contribution is 7.89. The van der Waals surface area contributed by atoms with Crippen LogP contribution in [0.3, 0.4) is 0 Å². The maximum absolute atomic E-state index is 14.1. The van der Waals surface area contributed by atoms with Crippen molar-refractivity contribution in [2.45, 2.75) is 24.2 Å². The molecule has 4 rings (SSSR count). The van der Waals surface area contributed by atoms with E-state index in [2.05, 4.69) is 0 Å². The van der Waals surface area contributed by atoms with E-state index < -0.39 is 15.8 Å². The molecule has 2 aliphatic heterocycles. The van der Waals surface area contributed by atoms with Gasteiger partial charge in [0.1, 0.15) is 0 Å². The second-order valence-electron chi connectivity index (χ2n) is 6.49. The lowest BCUT2D eigenvalue weighted by Crippen LogP contribution is -2.28. The minimum Gasteiger partial charge on any atom is -0.491 e. The lowest BCUT2D eigenvalue weighted by atomic mass is 9.98. The van der Waals surface area contributed by atoms with E-state index >= 15 is 0 Å². The molecule has 0 saturated carbocycles. The van der Waals surface area contributed by atoms with Crippen LogP contribution in [0, 0.1) is 5.82 Å². The molecular formula is C19H20FNO5S. The third-order valence-electron chi connectivity index (χ3n) is 4.86. The zero-order valence-electron chi connectivity index (χ0n) is 14.9. The Morgan fingerprint density at radius 2 is 2.00 bits per heavy atom. The number of sulfonamides is 1. The van der Waals surface area contributed by atoms with Crippen molar-refractivity contribution in [1.29, 1.82) is 0 Å². The molecule has 0 N–H and O–H groups in total. The van der Waals surface area contributed by atoms with Gasteiger partial charge in [-0.3, -0.25) is 0 Å². The summed E-state index contributed by atoms with van der Waals surface area (Å²) in [5, 5.41) is 0. The molecule has 2 aliphatic rings. The second-order valence-corrected chi connectivity index (χ2v) is 8.42. The summed E-state index contributed by atoms with van der Waals surface area (Å²) in [6.07, 6.45) is 0.693. The molecular weight excluding hydrogens is 373 g/mol. The first-order valence-electron chi connectivity index (χ1n) is 8.81. The van der Waals surface area contributed by atoms with Crippen LogP contribution < -0.4 is 14.2 Å². The van der Waals surface area contributed by atoms with Crippen LogP contribution in [0.2, 0.25) is 0 Å². The van der Waals surface area contributed by atoms with Gasteiger partial charge in [0.05, 0.1) is 11.5 Å². The smallest absolute Gasteiger partial charge is 0.243 e. The Kier molecular flexibility index (Phi) is 4.69. The van der Waals surface area contributed by atoms with E-state index in [1.807, 2.05) is 18.2 Å². The van der Waals surface area contributed by atoms with E-state index in [1.165, 1.54) is 16.4 Å². The normalized spacial score (nSPS) is 19.4. The van der Waals surface area contributed by atoms with Crippen molar-refractivity contribution in [3.8, 4) is 17.2 Å². The van der Waals surface area contributed by atoms with E-state index in [0.29, 0.717) is 37.6 Å². The van der Waals surface area contributed by atoms with Crippen molar-refractivity contribution in [1.82, 2.24) is 4.31 Å². The Hall–Kier alpha value is -2.32. The van der Waals surface area contributed by atoms with Gasteiger partial charge in [-0.1, -0.05) is 6.07 Å². The van der Waals surface area contributed by atoms with Gasteiger partial charge in [-0.15, -0.1) is 0 Å². The molecule has 0 aliphatic carbocycles. The van der Waals surface area contributed by atoms with Crippen molar-refractivity contribution in [2.75, 3.05) is 26.5 Å². The number of ether oxygens (including phenoxy) is 3. The van der Waals surface area contributed by atoms with Gasteiger partial charge in [-0.2, -0.15) is 4.31 Å². The first-order chi connectivity index (χ1) is 13.0. The van der Waals surface area contributed by atoms with Gasteiger partial charge in [0.15, 0.2) is 23.1 Å². The van der Waals surface area contributed by atoms with Gasteiger partial charge in [0, 0.05) is 13.1 Å². The lowest BCUT2D eigenvalue weighted by Gasteiger charge is -2.17. The van der Waals surface area contributed by atoms with Gasteiger partial charge < -0.3 is 14.2 Å². The zero-order chi connectivity index (χ0) is 19.0. The molecule has 8 heteroatoms. The van der Waals surface area contributed by atoms with Crippen LogP contribution in [-0.4, -0.2) is 39.2 Å². The molecule has 0 aromatic heterocycles. The molecule has 2 aromatic carbocycles. The molecule has 0 amide bonds. The summed E-state index contributed by atoms with van der Waals surface area (Å²) >= 11 is 0. The Balaban J connectivity index is 1.53. The molecule has 2 heterocycles. The molecule has 1 fully saturated rings. The molecule has 27 heavy (non-hydrogen) atoms. The summed E-state index contributed by atoms with van der Waals surface area (Å²) in [4.78, 5) is -0.0604. The van der Waals surface area contributed by atoms with Crippen LogP contribution in [0.25, 0.3) is 0 Å². The largest absolute Gasteiger partial charge is 0.491 e. The molecule has 0 bridgehead atoms. The summed E-state index contributed by atoms with van der Waals surface area (Å²) in [6, 6.07) is 9.45. The highest BCUT2D eigenvalue weighted by Gasteiger charge is 2.34. The SMILES string of the molecule is CCOc1ccc(S(=O)(=O)N2CC[C@@H](c3ccc4c(c3)OCO4)C2)cc1F. The molecule has 2 aromatic rings. The Morgan fingerprint density at radius 1 is 1.19 bits per heavy atom. The number of benzene rings is 2. The average molecular weight is 393 g/mol. The molecule has 0 spiro atoms. The summed E-state index contributed by atoms with van der Waals surface area (Å²) < 4.78 is 57.1. The van der Waals surface area contributed by atoms with Crippen molar-refractivity contribution in [3.05, 3.63) is 47.8 Å². The first-order valence-corrected chi connectivity index (χ1v) is 10.2. The molecule has 144 valence electrons. The number of halogens is 1. The van der Waals surface area contributed by atoms with Gasteiger partial charge in [0.25, 0.3) is 0 Å². The summed E-state index contributed by atoms with van der Waals surface area (Å²) in [7, 11) is -3.76. The standard InChI is InChI=1S/C19H20FNO5S/c1-2-24-17-6-4-15(10-16(17)20)27(22,23)21-8-7-14(11-21)13-3-5-18-19(9-13)26-12-25-18/h3-6,9-10,14H,2,7-8,11-12H2,1H3/t14-/m1/s1. The predicted octanol–water partition coefficient (Wildman–Crippen LogP) is 3.13. The van der Waals surface area contributed by atoms with Crippen molar-refractivity contribution in [2.24, 2.45) is 0 Å². The fourth-order valence-electron chi connectivity index (χ4n) is 3.45. The van der Waals surface area contributed by atoms with Crippen LogP contribution in [0.1, 0.15) is 24.8 Å². The van der Waals surface area contributed by atoms with Crippen molar-refractivity contribution < 1.29 is 27.0 Å². The maximum Gasteiger partial charge on any atom is 0.243 e. The van der Waals surface area contributed by atoms with Gasteiger partial charge in [0.2, 0.25) is 16.8 Å². The van der Waals surface area contributed by atoms with Crippen molar-refractivity contribution in [3.63, 3.8) is 0 Å². The number of rotatable bonds is 5. The number of fused-ring (bicyclic) bond motifs is 1. The van der Waals surface area contributed by atoms with Gasteiger partial charge >= 0.3 is 0 Å². The van der Waals surface area contributed by atoms with Crippen LogP contribution >= 0.6 is 0 Å². The highest BCUT2D eigenvalue weighted by atomic mass is 32.2. The summed E-state index contributed by atoms with van der Waals surface area (Å²) in [5.74, 6) is 0.816. The molecule has 0 unspecified atom stereocenters. The van der Waals surface area contributed by atoms with E-state index in [0.717, 1.165) is 11.6 Å². The zero-order valence-corrected chi connectivity index (χ0v) is 15.7. The van der Waals surface area contributed by atoms with Gasteiger partial charge in [-0.25, -0.2) is 12.8 Å². The number of nitrogens with zero attached hydrogens (tertiary/aromatic N) is 1. The molecule has 1 atom stereocenters. The van der Waals surface area contributed by atoms with E-state index in [9.17, 15) is 12.8 Å². The third-order valence-corrected chi connectivity index (χ3v) is 6.72. The lowest BCUT2D eigenvalue weighted by molar-refractivity contribution is 0.174. The fraction of sp³-hybridized carbons (Fsp3) is 0.368. The summed E-state index contributed by atoms with van der Waals surface area (Å²) in [5.41, 5.74) is 1.01. The number of hydrogen-bond donors (Lipinski definition) is 0. The van der Waals surface area contributed by atoms with Crippen LogP contribution in [-0.2, 0) is 10.0 Å². The Morgan fingerprint density at radius 3 is 2.78 bits per heavy atom. The van der Waals surface area contributed by atoms with E-state index in [1.54, 1.807) is 6.92 Å². The fourth-order valence-corrected chi connectivity index (χ4v) is 4.96. The average Bonchev–Trinajstić information content (AvgIpc) is 3.32. The van der Waals surface area contributed by atoms with Gasteiger partial charge in [-0.05, 0) is 55.2 Å². The Bertz CT molecular complexity index is 963. The van der Waals surface area contributed by atoms with Crippen LogP contribution in [0.15, 0.2) is 41.3 Å². The van der Waals surface area contributed by atoms with E-state index in [-0.39, 0.29) is 23.4 Å². The second kappa shape index (κ2) is 7.01. The third kappa shape index (κ3) is 3.35. The molecule has 0 radical (unpaired) electrons. The molecule has 1 saturated heterocycles. The first kappa shape index (κ1) is 18.1. The quantitative estimate of drug-likeness (QED) is 0.781. The topological polar surface area (TPSA) is 65.1 Å². The molecule has 6 nitrogen and oxygen atoms in total. The van der Waals surface area contributed by atoms with Crippen LogP contribution in [0.5, 0.6) is 17.2 Å².